The number of hydrogen-bond acceptors (Lipinski definition) is 3. The average molecular weight is 385 g/mol. The van der Waals surface area contributed by atoms with Gasteiger partial charge in [0.1, 0.15) is 5.76 Å². The molecule has 152 valence electrons. The van der Waals surface area contributed by atoms with Crippen LogP contribution in [0.4, 0.5) is 0 Å². The molecule has 2 aromatic rings. The molecule has 0 aliphatic carbocycles. The van der Waals surface area contributed by atoms with Crippen LogP contribution in [0.25, 0.3) is 0 Å². The van der Waals surface area contributed by atoms with Gasteiger partial charge in [-0.05, 0) is 29.5 Å². The second-order valence-electron chi connectivity index (χ2n) is 8.08. The molecule has 28 heavy (non-hydrogen) atoms. The largest absolute Gasteiger partial charge is 0.467 e. The molecule has 0 saturated carbocycles. The number of carbonyl (C=O) groups excluding carboxylic acids is 2. The van der Waals surface area contributed by atoms with Crippen LogP contribution in [0.1, 0.15) is 45.4 Å². The highest BCUT2D eigenvalue weighted by Crippen LogP contribution is 2.13. The first kappa shape index (κ1) is 21.7. The molecule has 0 aliphatic heterocycles. The van der Waals surface area contributed by atoms with Crippen molar-refractivity contribution in [1.82, 2.24) is 9.80 Å². The molecule has 0 fully saturated rings. The predicted octanol–water partition coefficient (Wildman–Crippen LogP) is 4.34. The first-order valence-electron chi connectivity index (χ1n) is 9.97. The average Bonchev–Trinajstić information content (AvgIpc) is 3.13. The smallest absolute Gasteiger partial charge is 0.242 e. The van der Waals surface area contributed by atoms with Gasteiger partial charge in [0, 0.05) is 19.5 Å². The molecule has 0 spiro atoms. The van der Waals surface area contributed by atoms with Crippen LogP contribution < -0.4 is 0 Å². The summed E-state index contributed by atoms with van der Waals surface area (Å²) in [5, 5.41) is 0. The lowest BCUT2D eigenvalue weighted by atomic mass is 10.1. The molecule has 0 radical (unpaired) electrons. The molecule has 0 atom stereocenters. The van der Waals surface area contributed by atoms with Crippen molar-refractivity contribution >= 4 is 11.8 Å². The van der Waals surface area contributed by atoms with Crippen molar-refractivity contribution in [3.05, 3.63) is 60.1 Å². The summed E-state index contributed by atoms with van der Waals surface area (Å²) in [5.74, 6) is 1.26. The van der Waals surface area contributed by atoms with Gasteiger partial charge >= 0.3 is 0 Å². The maximum Gasteiger partial charge on any atom is 0.242 e. The van der Waals surface area contributed by atoms with Crippen LogP contribution in [0.15, 0.2) is 53.1 Å². The Morgan fingerprint density at radius 3 is 2.14 bits per heavy atom. The summed E-state index contributed by atoms with van der Waals surface area (Å²) in [6.45, 7) is 9.70. The summed E-state index contributed by atoms with van der Waals surface area (Å²) in [5.41, 5.74) is 1.05. The number of amides is 2. The van der Waals surface area contributed by atoms with Crippen molar-refractivity contribution in [2.75, 3.05) is 13.1 Å². The Bertz CT molecular complexity index is 724. The molecular weight excluding hydrogens is 352 g/mol. The fourth-order valence-corrected chi connectivity index (χ4v) is 3.06. The van der Waals surface area contributed by atoms with E-state index in [4.69, 9.17) is 4.42 Å². The summed E-state index contributed by atoms with van der Waals surface area (Å²) in [6.07, 6.45) is 2.06. The predicted molar refractivity (Wildman–Crippen MR) is 110 cm³/mol. The van der Waals surface area contributed by atoms with E-state index in [0.29, 0.717) is 32.0 Å². The summed E-state index contributed by atoms with van der Waals surface area (Å²) < 4.78 is 5.45. The quantitative estimate of drug-likeness (QED) is 0.612. The van der Waals surface area contributed by atoms with E-state index in [9.17, 15) is 9.59 Å². The number of carbonyl (C=O) groups is 2. The molecule has 1 aromatic carbocycles. The van der Waals surface area contributed by atoms with Gasteiger partial charge in [0.05, 0.1) is 19.4 Å². The van der Waals surface area contributed by atoms with Crippen LogP contribution in [-0.4, -0.2) is 34.7 Å². The van der Waals surface area contributed by atoms with Crippen LogP contribution >= 0.6 is 0 Å². The van der Waals surface area contributed by atoms with Gasteiger partial charge in [-0.25, -0.2) is 0 Å². The fraction of sp³-hybridized carbons (Fsp3) is 0.478. The molecule has 2 rings (SSSR count). The summed E-state index contributed by atoms with van der Waals surface area (Å²) in [4.78, 5) is 29.3. The SMILES string of the molecule is CC(C)CC(=O)N(CC(=O)N(Cc1ccccc1)Cc1ccco1)CC(C)C. The second-order valence-corrected chi connectivity index (χ2v) is 8.08. The van der Waals surface area contributed by atoms with E-state index in [1.165, 1.54) is 0 Å². The van der Waals surface area contributed by atoms with Gasteiger partial charge in [-0.3, -0.25) is 9.59 Å². The van der Waals surface area contributed by atoms with Gasteiger partial charge < -0.3 is 14.2 Å². The van der Waals surface area contributed by atoms with Gasteiger partial charge in [0.25, 0.3) is 0 Å². The third kappa shape index (κ3) is 7.22. The zero-order valence-corrected chi connectivity index (χ0v) is 17.4. The van der Waals surface area contributed by atoms with E-state index in [1.807, 2.05) is 56.3 Å². The van der Waals surface area contributed by atoms with Gasteiger partial charge in [0.15, 0.2) is 0 Å². The summed E-state index contributed by atoms with van der Waals surface area (Å²) >= 11 is 0. The number of hydrogen-bond donors (Lipinski definition) is 0. The van der Waals surface area contributed by atoms with Crippen molar-refractivity contribution in [2.24, 2.45) is 11.8 Å². The topological polar surface area (TPSA) is 53.8 Å². The van der Waals surface area contributed by atoms with Crippen molar-refractivity contribution in [3.63, 3.8) is 0 Å². The molecule has 0 aliphatic rings. The zero-order valence-electron chi connectivity index (χ0n) is 17.4. The van der Waals surface area contributed by atoms with Crippen molar-refractivity contribution in [1.29, 1.82) is 0 Å². The lowest BCUT2D eigenvalue weighted by Gasteiger charge is -2.29. The van der Waals surface area contributed by atoms with E-state index in [0.717, 1.165) is 11.3 Å². The minimum Gasteiger partial charge on any atom is -0.467 e. The third-order valence-corrected chi connectivity index (χ3v) is 4.34. The van der Waals surface area contributed by atoms with Gasteiger partial charge in [-0.2, -0.15) is 0 Å². The first-order valence-corrected chi connectivity index (χ1v) is 9.97. The summed E-state index contributed by atoms with van der Waals surface area (Å²) in [6, 6.07) is 13.6. The molecular formula is C23H32N2O3. The van der Waals surface area contributed by atoms with Crippen LogP contribution in [0.5, 0.6) is 0 Å². The molecule has 5 nitrogen and oxygen atoms in total. The van der Waals surface area contributed by atoms with Gasteiger partial charge in [-0.15, -0.1) is 0 Å². The van der Waals surface area contributed by atoms with Gasteiger partial charge in [-0.1, -0.05) is 58.0 Å². The third-order valence-electron chi connectivity index (χ3n) is 4.34. The highest BCUT2D eigenvalue weighted by molar-refractivity contribution is 5.85. The van der Waals surface area contributed by atoms with Crippen molar-refractivity contribution < 1.29 is 14.0 Å². The Kier molecular flexibility index (Phi) is 8.30. The molecule has 1 aromatic heterocycles. The maximum absolute atomic E-state index is 13.1. The Hall–Kier alpha value is -2.56. The molecule has 0 unspecified atom stereocenters. The summed E-state index contributed by atoms with van der Waals surface area (Å²) in [7, 11) is 0. The van der Waals surface area contributed by atoms with Crippen LogP contribution in [0.2, 0.25) is 0 Å². The molecule has 0 bridgehead atoms. The Labute approximate surface area is 168 Å². The molecule has 0 saturated heterocycles. The molecule has 5 heteroatoms. The lowest BCUT2D eigenvalue weighted by Crippen LogP contribution is -2.44. The number of benzene rings is 1. The number of nitrogens with zero attached hydrogens (tertiary/aromatic N) is 2. The maximum atomic E-state index is 13.1. The monoisotopic (exact) mass is 384 g/mol. The highest BCUT2D eigenvalue weighted by atomic mass is 16.3. The Morgan fingerprint density at radius 2 is 1.57 bits per heavy atom. The van der Waals surface area contributed by atoms with Crippen LogP contribution in [0, 0.1) is 11.8 Å². The minimum absolute atomic E-state index is 0.0368. The van der Waals surface area contributed by atoms with Crippen LogP contribution in [0.3, 0.4) is 0 Å². The lowest BCUT2D eigenvalue weighted by molar-refractivity contribution is -0.142. The second kappa shape index (κ2) is 10.7. The van der Waals surface area contributed by atoms with E-state index in [1.54, 1.807) is 16.1 Å². The Morgan fingerprint density at radius 1 is 0.857 bits per heavy atom. The zero-order chi connectivity index (χ0) is 20.5. The van der Waals surface area contributed by atoms with Crippen molar-refractivity contribution in [2.45, 2.75) is 47.2 Å². The minimum atomic E-state index is -0.0713. The van der Waals surface area contributed by atoms with Crippen LogP contribution in [-0.2, 0) is 22.7 Å². The standard InChI is InChI=1S/C23H32N2O3/c1-18(2)13-22(26)24(14-19(3)4)17-23(27)25(16-21-11-8-12-28-21)15-20-9-6-5-7-10-20/h5-12,18-19H,13-17H2,1-4H3. The molecule has 0 N–H and O–H groups in total. The molecule has 1 heterocycles. The van der Waals surface area contributed by atoms with Crippen molar-refractivity contribution in [3.8, 4) is 0 Å². The fourth-order valence-electron chi connectivity index (χ4n) is 3.06. The Balaban J connectivity index is 2.14. The number of rotatable bonds is 10. The van der Waals surface area contributed by atoms with E-state index >= 15 is 0 Å². The highest BCUT2D eigenvalue weighted by Gasteiger charge is 2.23. The van der Waals surface area contributed by atoms with Gasteiger partial charge in [0.2, 0.25) is 11.8 Å². The first-order chi connectivity index (χ1) is 13.3. The normalized spacial score (nSPS) is 11.1. The molecule has 2 amide bonds. The van der Waals surface area contributed by atoms with E-state index in [-0.39, 0.29) is 24.3 Å². The van der Waals surface area contributed by atoms with E-state index < -0.39 is 0 Å². The van der Waals surface area contributed by atoms with E-state index in [2.05, 4.69) is 13.8 Å². The number of furan rings is 1.